The van der Waals surface area contributed by atoms with Crippen molar-refractivity contribution < 1.29 is 19.0 Å². The first-order valence-corrected chi connectivity index (χ1v) is 11.3. The number of hydrogen-bond acceptors (Lipinski definition) is 5. The number of benzene rings is 2. The van der Waals surface area contributed by atoms with Gasteiger partial charge in [0, 0.05) is 5.41 Å². The van der Waals surface area contributed by atoms with Gasteiger partial charge < -0.3 is 19.0 Å². The van der Waals surface area contributed by atoms with Crippen molar-refractivity contribution in [3.05, 3.63) is 59.1 Å². The van der Waals surface area contributed by atoms with Crippen LogP contribution in [0.25, 0.3) is 0 Å². The SMILES string of the molecule is CCC(C)ON=C(COc1ccc(Oc2ccc(OCC=C(Cl)Cl)cc2)cc1)C(C)(C)C. The minimum Gasteiger partial charge on any atom is -0.489 e. The van der Waals surface area contributed by atoms with Gasteiger partial charge in [-0.05, 0) is 68.0 Å². The average Bonchev–Trinajstić information content (AvgIpc) is 2.74. The first-order chi connectivity index (χ1) is 15.2. The van der Waals surface area contributed by atoms with Gasteiger partial charge in [0.2, 0.25) is 0 Å². The zero-order chi connectivity index (χ0) is 23.6. The van der Waals surface area contributed by atoms with Gasteiger partial charge in [-0.3, -0.25) is 0 Å². The molecule has 0 saturated heterocycles. The van der Waals surface area contributed by atoms with Crippen LogP contribution in [0.3, 0.4) is 0 Å². The maximum atomic E-state index is 5.93. The molecule has 0 N–H and O–H groups in total. The topological polar surface area (TPSA) is 49.3 Å². The van der Waals surface area contributed by atoms with Crippen LogP contribution in [0.5, 0.6) is 23.0 Å². The van der Waals surface area contributed by atoms with E-state index >= 15 is 0 Å². The number of ether oxygens (including phenoxy) is 3. The van der Waals surface area contributed by atoms with Crippen molar-refractivity contribution in [3.8, 4) is 23.0 Å². The molecule has 174 valence electrons. The molecule has 1 atom stereocenters. The van der Waals surface area contributed by atoms with E-state index in [9.17, 15) is 0 Å². The third-order valence-corrected chi connectivity index (χ3v) is 4.84. The largest absolute Gasteiger partial charge is 0.489 e. The summed E-state index contributed by atoms with van der Waals surface area (Å²) in [5.41, 5.74) is 0.697. The smallest absolute Gasteiger partial charge is 0.130 e. The van der Waals surface area contributed by atoms with Crippen molar-refractivity contribution in [1.82, 2.24) is 0 Å². The molecule has 0 aromatic heterocycles. The molecule has 0 heterocycles. The van der Waals surface area contributed by atoms with Crippen molar-refractivity contribution in [3.63, 3.8) is 0 Å². The average molecular weight is 480 g/mol. The van der Waals surface area contributed by atoms with Crippen LogP contribution in [0.15, 0.2) is 64.3 Å². The monoisotopic (exact) mass is 479 g/mol. The highest BCUT2D eigenvalue weighted by Crippen LogP contribution is 2.26. The van der Waals surface area contributed by atoms with Gasteiger partial charge in [-0.15, -0.1) is 0 Å². The first-order valence-electron chi connectivity index (χ1n) is 10.5. The second-order valence-corrected chi connectivity index (χ2v) is 9.26. The Balaban J connectivity index is 1.91. The molecule has 5 nitrogen and oxygen atoms in total. The number of rotatable bonds is 11. The van der Waals surface area contributed by atoms with E-state index in [-0.39, 0.29) is 16.0 Å². The molecular formula is C25H31Cl2NO4. The summed E-state index contributed by atoms with van der Waals surface area (Å²) < 4.78 is 17.5. The lowest BCUT2D eigenvalue weighted by atomic mass is 9.90. The maximum Gasteiger partial charge on any atom is 0.130 e. The summed E-state index contributed by atoms with van der Waals surface area (Å²) in [5.74, 6) is 2.82. The number of hydrogen-bond donors (Lipinski definition) is 0. The summed E-state index contributed by atoms with van der Waals surface area (Å²) in [5, 5.41) is 4.33. The fraction of sp³-hybridized carbons (Fsp3) is 0.400. The molecule has 0 bridgehead atoms. The summed E-state index contributed by atoms with van der Waals surface area (Å²) in [6.07, 6.45) is 2.55. The predicted octanol–water partition coefficient (Wildman–Crippen LogP) is 7.77. The zero-order valence-electron chi connectivity index (χ0n) is 19.2. The summed E-state index contributed by atoms with van der Waals surface area (Å²) in [7, 11) is 0. The van der Waals surface area contributed by atoms with Crippen LogP contribution in [0.1, 0.15) is 41.0 Å². The normalized spacial score (nSPS) is 12.7. The fourth-order valence-electron chi connectivity index (χ4n) is 2.30. The number of halogens is 2. The molecule has 0 saturated carbocycles. The van der Waals surface area contributed by atoms with Crippen LogP contribution >= 0.6 is 23.2 Å². The van der Waals surface area contributed by atoms with Crippen molar-refractivity contribution >= 4 is 28.9 Å². The van der Waals surface area contributed by atoms with Gasteiger partial charge in [0.15, 0.2) is 0 Å². The van der Waals surface area contributed by atoms with Crippen molar-refractivity contribution in [2.45, 2.75) is 47.1 Å². The van der Waals surface area contributed by atoms with Gasteiger partial charge in [0.1, 0.15) is 46.8 Å². The number of oxime groups is 1. The highest BCUT2D eigenvalue weighted by molar-refractivity contribution is 6.55. The lowest BCUT2D eigenvalue weighted by Gasteiger charge is -2.22. The quantitative estimate of drug-likeness (QED) is 0.244. The molecular weight excluding hydrogens is 449 g/mol. The van der Waals surface area contributed by atoms with Gasteiger partial charge >= 0.3 is 0 Å². The van der Waals surface area contributed by atoms with E-state index in [2.05, 4.69) is 32.9 Å². The molecule has 0 radical (unpaired) electrons. The lowest BCUT2D eigenvalue weighted by molar-refractivity contribution is 0.0665. The summed E-state index contributed by atoms with van der Waals surface area (Å²) in [6.45, 7) is 11.0. The molecule has 0 fully saturated rings. The zero-order valence-corrected chi connectivity index (χ0v) is 20.7. The molecule has 0 aliphatic heterocycles. The van der Waals surface area contributed by atoms with E-state index in [1.165, 1.54) is 0 Å². The van der Waals surface area contributed by atoms with Crippen LogP contribution in [-0.2, 0) is 4.84 Å². The highest BCUT2D eigenvalue weighted by Gasteiger charge is 2.21. The molecule has 2 rings (SSSR count). The minimum atomic E-state index is -0.154. The Kier molecular flexibility index (Phi) is 10.2. The van der Waals surface area contributed by atoms with Crippen LogP contribution in [0.4, 0.5) is 0 Å². The molecule has 1 unspecified atom stereocenters. The van der Waals surface area contributed by atoms with E-state index in [0.29, 0.717) is 30.5 Å². The molecule has 0 amide bonds. The molecule has 0 spiro atoms. The van der Waals surface area contributed by atoms with Gasteiger partial charge in [0.25, 0.3) is 0 Å². The Morgan fingerprint density at radius 3 is 1.88 bits per heavy atom. The second kappa shape index (κ2) is 12.6. The predicted molar refractivity (Wildman–Crippen MR) is 131 cm³/mol. The van der Waals surface area contributed by atoms with Gasteiger partial charge in [-0.25, -0.2) is 0 Å². The Bertz CT molecular complexity index is 884. The molecule has 0 aliphatic rings. The Hall–Kier alpha value is -2.37. The molecule has 32 heavy (non-hydrogen) atoms. The van der Waals surface area contributed by atoms with Crippen LogP contribution in [0, 0.1) is 5.41 Å². The molecule has 2 aromatic carbocycles. The fourth-order valence-corrected chi connectivity index (χ4v) is 2.43. The van der Waals surface area contributed by atoms with Crippen LogP contribution in [0.2, 0.25) is 0 Å². The molecule has 0 aliphatic carbocycles. The van der Waals surface area contributed by atoms with Gasteiger partial charge in [0.05, 0.1) is 5.71 Å². The molecule has 2 aromatic rings. The summed E-state index contributed by atoms with van der Waals surface area (Å²) in [6, 6.07) is 14.7. The van der Waals surface area contributed by atoms with Gasteiger partial charge in [-0.2, -0.15) is 0 Å². The van der Waals surface area contributed by atoms with Gasteiger partial charge in [-0.1, -0.05) is 56.1 Å². The van der Waals surface area contributed by atoms with Crippen molar-refractivity contribution in [2.24, 2.45) is 10.6 Å². The molecule has 7 heteroatoms. The summed E-state index contributed by atoms with van der Waals surface area (Å²) in [4.78, 5) is 5.56. The van der Waals surface area contributed by atoms with Crippen LogP contribution in [-0.4, -0.2) is 25.0 Å². The minimum absolute atomic E-state index is 0.0744. The van der Waals surface area contributed by atoms with E-state index in [1.54, 1.807) is 6.08 Å². The Labute approximate surface area is 200 Å². The summed E-state index contributed by atoms with van der Waals surface area (Å²) >= 11 is 11.1. The Morgan fingerprint density at radius 2 is 1.41 bits per heavy atom. The number of nitrogens with zero attached hydrogens (tertiary/aromatic N) is 1. The van der Waals surface area contributed by atoms with E-state index < -0.39 is 0 Å². The highest BCUT2D eigenvalue weighted by atomic mass is 35.5. The standard InChI is InChI=1S/C25H31Cl2NO4/c1-6-18(2)32-28-23(25(3,4)5)17-30-20-9-13-22(14-10-20)31-21-11-7-19(8-12-21)29-16-15-24(26)27/h7-15,18H,6,16-17H2,1-5H3. The first kappa shape index (κ1) is 25.9. The third kappa shape index (κ3) is 9.41. The Morgan fingerprint density at radius 1 is 0.906 bits per heavy atom. The maximum absolute atomic E-state index is 5.93. The van der Waals surface area contributed by atoms with Crippen molar-refractivity contribution in [1.29, 1.82) is 0 Å². The third-order valence-electron chi connectivity index (χ3n) is 4.53. The van der Waals surface area contributed by atoms with Crippen LogP contribution < -0.4 is 14.2 Å². The van der Waals surface area contributed by atoms with E-state index in [4.69, 9.17) is 42.3 Å². The van der Waals surface area contributed by atoms with Crippen molar-refractivity contribution in [2.75, 3.05) is 13.2 Å². The van der Waals surface area contributed by atoms with E-state index in [0.717, 1.165) is 17.9 Å². The second-order valence-electron chi connectivity index (χ2n) is 8.25. The lowest BCUT2D eigenvalue weighted by Crippen LogP contribution is -2.27. The van der Waals surface area contributed by atoms with E-state index in [1.807, 2.05) is 55.5 Å².